The van der Waals surface area contributed by atoms with Crippen molar-refractivity contribution < 1.29 is 14.6 Å². The first-order valence-corrected chi connectivity index (χ1v) is 5.90. The van der Waals surface area contributed by atoms with Crippen LogP contribution in [0, 0.1) is 0 Å². The zero-order valence-corrected chi connectivity index (χ0v) is 10.3. The number of amides is 1. The summed E-state index contributed by atoms with van der Waals surface area (Å²) in [6.45, 7) is 2.36. The molecule has 1 saturated heterocycles. The number of nitrogens with zero attached hydrogens (tertiary/aromatic N) is 2. The van der Waals surface area contributed by atoms with Crippen molar-refractivity contribution in [1.29, 1.82) is 0 Å². The van der Waals surface area contributed by atoms with Gasteiger partial charge in [0, 0.05) is 25.8 Å². The molecule has 1 amide bonds. The molecule has 1 unspecified atom stereocenters. The van der Waals surface area contributed by atoms with Crippen molar-refractivity contribution in [3.05, 3.63) is 24.0 Å². The van der Waals surface area contributed by atoms with Crippen molar-refractivity contribution in [3.8, 4) is 5.75 Å². The number of nitrogens with one attached hydrogen (secondary N) is 1. The highest BCUT2D eigenvalue weighted by Gasteiger charge is 2.24. The van der Waals surface area contributed by atoms with Crippen LogP contribution in [0.15, 0.2) is 18.5 Å². The van der Waals surface area contributed by atoms with Gasteiger partial charge in [0.1, 0.15) is 5.75 Å². The highest BCUT2D eigenvalue weighted by atomic mass is 16.5. The Morgan fingerprint density at radius 3 is 3.22 bits per heavy atom. The van der Waals surface area contributed by atoms with Crippen LogP contribution in [0.4, 0.5) is 0 Å². The average Bonchev–Trinajstić information content (AvgIpc) is 2.39. The molecule has 1 aliphatic rings. The number of carbonyl (C=O) groups excluding carboxylic acids is 1. The quantitative estimate of drug-likeness (QED) is 0.781. The second-order valence-electron chi connectivity index (χ2n) is 4.23. The van der Waals surface area contributed by atoms with Gasteiger partial charge in [-0.1, -0.05) is 0 Å². The van der Waals surface area contributed by atoms with Crippen LogP contribution in [0.25, 0.3) is 0 Å². The molecular formula is C12H17N3O3. The van der Waals surface area contributed by atoms with Crippen molar-refractivity contribution in [2.24, 2.45) is 0 Å². The van der Waals surface area contributed by atoms with Crippen LogP contribution in [0.2, 0.25) is 0 Å². The van der Waals surface area contributed by atoms with E-state index in [1.807, 2.05) is 7.05 Å². The molecular weight excluding hydrogens is 234 g/mol. The van der Waals surface area contributed by atoms with Crippen molar-refractivity contribution in [1.82, 2.24) is 15.2 Å². The molecule has 1 fully saturated rings. The molecule has 18 heavy (non-hydrogen) atoms. The summed E-state index contributed by atoms with van der Waals surface area (Å²) >= 11 is 0. The Bertz CT molecular complexity index is 423. The van der Waals surface area contributed by atoms with E-state index in [2.05, 4.69) is 10.3 Å². The fourth-order valence-corrected chi connectivity index (χ4v) is 1.98. The Kier molecular flexibility index (Phi) is 4.11. The molecule has 98 valence electrons. The van der Waals surface area contributed by atoms with E-state index in [1.165, 1.54) is 18.5 Å². The molecule has 1 aromatic rings. The van der Waals surface area contributed by atoms with E-state index in [9.17, 15) is 9.90 Å². The monoisotopic (exact) mass is 251 g/mol. The van der Waals surface area contributed by atoms with Crippen LogP contribution in [-0.2, 0) is 4.74 Å². The summed E-state index contributed by atoms with van der Waals surface area (Å²) in [5, 5.41) is 12.4. The third kappa shape index (κ3) is 2.96. The lowest BCUT2D eigenvalue weighted by Crippen LogP contribution is -2.48. The Morgan fingerprint density at radius 1 is 1.67 bits per heavy atom. The van der Waals surface area contributed by atoms with Gasteiger partial charge >= 0.3 is 0 Å². The Morgan fingerprint density at radius 2 is 2.50 bits per heavy atom. The van der Waals surface area contributed by atoms with Gasteiger partial charge in [-0.05, 0) is 13.1 Å². The average molecular weight is 251 g/mol. The van der Waals surface area contributed by atoms with Gasteiger partial charge in [-0.3, -0.25) is 9.78 Å². The van der Waals surface area contributed by atoms with Crippen LogP contribution in [-0.4, -0.2) is 60.3 Å². The van der Waals surface area contributed by atoms with Crippen molar-refractivity contribution in [2.75, 3.05) is 33.3 Å². The Balaban J connectivity index is 2.04. The van der Waals surface area contributed by atoms with Gasteiger partial charge in [0.05, 0.1) is 24.5 Å². The molecule has 2 heterocycles. The maximum atomic E-state index is 12.2. The molecule has 0 spiro atoms. The van der Waals surface area contributed by atoms with Crippen LogP contribution in [0.3, 0.4) is 0 Å². The maximum absolute atomic E-state index is 12.2. The third-order valence-electron chi connectivity index (χ3n) is 2.83. The van der Waals surface area contributed by atoms with Crippen LogP contribution in [0.1, 0.15) is 10.4 Å². The summed E-state index contributed by atoms with van der Waals surface area (Å²) in [7, 11) is 1.85. The van der Waals surface area contributed by atoms with E-state index in [1.54, 1.807) is 4.90 Å². The fraction of sp³-hybridized carbons (Fsp3) is 0.500. The van der Waals surface area contributed by atoms with E-state index in [4.69, 9.17) is 4.74 Å². The number of hydrogen-bond acceptors (Lipinski definition) is 5. The summed E-state index contributed by atoms with van der Waals surface area (Å²) < 4.78 is 5.54. The fourth-order valence-electron chi connectivity index (χ4n) is 1.98. The topological polar surface area (TPSA) is 74.7 Å². The number of pyridine rings is 1. The van der Waals surface area contributed by atoms with Crippen LogP contribution < -0.4 is 5.32 Å². The SMILES string of the molecule is CNCC1CN(C(=O)c2cncc(O)c2)CCO1. The van der Waals surface area contributed by atoms with Gasteiger partial charge in [0.25, 0.3) is 5.91 Å². The highest BCUT2D eigenvalue weighted by Crippen LogP contribution is 2.13. The summed E-state index contributed by atoms with van der Waals surface area (Å²) in [5.74, 6) is -0.122. The van der Waals surface area contributed by atoms with Crippen molar-refractivity contribution in [3.63, 3.8) is 0 Å². The minimum absolute atomic E-state index is 0.000819. The first kappa shape index (κ1) is 12.8. The van der Waals surface area contributed by atoms with E-state index in [-0.39, 0.29) is 17.8 Å². The first-order chi connectivity index (χ1) is 8.70. The number of aromatic hydroxyl groups is 1. The molecule has 1 atom stereocenters. The number of hydrogen-bond donors (Lipinski definition) is 2. The molecule has 0 aliphatic carbocycles. The molecule has 6 nitrogen and oxygen atoms in total. The molecule has 0 radical (unpaired) electrons. The van der Waals surface area contributed by atoms with Gasteiger partial charge in [-0.25, -0.2) is 0 Å². The molecule has 0 aromatic carbocycles. The number of ether oxygens (including phenoxy) is 1. The molecule has 2 N–H and O–H groups in total. The Hall–Kier alpha value is -1.66. The van der Waals surface area contributed by atoms with Crippen molar-refractivity contribution in [2.45, 2.75) is 6.10 Å². The molecule has 1 aliphatic heterocycles. The van der Waals surface area contributed by atoms with Gasteiger partial charge in [-0.2, -0.15) is 0 Å². The first-order valence-electron chi connectivity index (χ1n) is 5.90. The van der Waals surface area contributed by atoms with Gasteiger partial charge in [0.2, 0.25) is 0 Å². The van der Waals surface area contributed by atoms with Crippen LogP contribution >= 0.6 is 0 Å². The summed E-state index contributed by atoms with van der Waals surface area (Å²) in [4.78, 5) is 17.7. The number of aromatic nitrogens is 1. The maximum Gasteiger partial charge on any atom is 0.255 e. The second-order valence-corrected chi connectivity index (χ2v) is 4.23. The van der Waals surface area contributed by atoms with Gasteiger partial charge in [0.15, 0.2) is 0 Å². The zero-order chi connectivity index (χ0) is 13.0. The lowest BCUT2D eigenvalue weighted by atomic mass is 10.2. The molecule has 6 heteroatoms. The predicted molar refractivity (Wildman–Crippen MR) is 65.5 cm³/mol. The number of rotatable bonds is 3. The predicted octanol–water partition coefficient (Wildman–Crippen LogP) is -0.152. The van der Waals surface area contributed by atoms with E-state index in [0.717, 1.165) is 0 Å². The number of likely N-dealkylation sites (N-methyl/N-ethyl adjacent to an activating group) is 1. The Labute approximate surface area is 106 Å². The zero-order valence-electron chi connectivity index (χ0n) is 10.3. The largest absolute Gasteiger partial charge is 0.506 e. The lowest BCUT2D eigenvalue weighted by Gasteiger charge is -2.32. The second kappa shape index (κ2) is 5.79. The summed E-state index contributed by atoms with van der Waals surface area (Å²) in [5.41, 5.74) is 0.403. The number of morpholine rings is 1. The molecule has 2 rings (SSSR count). The molecule has 0 saturated carbocycles. The van der Waals surface area contributed by atoms with Gasteiger partial charge < -0.3 is 20.1 Å². The summed E-state index contributed by atoms with van der Waals surface area (Å²) in [6.07, 6.45) is 2.78. The van der Waals surface area contributed by atoms with Crippen LogP contribution in [0.5, 0.6) is 5.75 Å². The standard InChI is InChI=1S/C12H17N3O3/c1-13-7-11-8-15(2-3-18-11)12(17)9-4-10(16)6-14-5-9/h4-6,11,13,16H,2-3,7-8H2,1H3. The van der Waals surface area contributed by atoms with Crippen molar-refractivity contribution >= 4 is 5.91 Å². The molecule has 0 bridgehead atoms. The summed E-state index contributed by atoms with van der Waals surface area (Å²) in [6, 6.07) is 1.43. The third-order valence-corrected chi connectivity index (χ3v) is 2.83. The van der Waals surface area contributed by atoms with Gasteiger partial charge in [-0.15, -0.1) is 0 Å². The van der Waals surface area contributed by atoms with E-state index < -0.39 is 0 Å². The highest BCUT2D eigenvalue weighted by molar-refractivity contribution is 5.94. The number of carbonyl (C=O) groups is 1. The molecule has 1 aromatic heterocycles. The lowest BCUT2D eigenvalue weighted by molar-refractivity contribution is -0.0196. The normalized spacial score (nSPS) is 19.8. The van der Waals surface area contributed by atoms with E-state index in [0.29, 0.717) is 31.8 Å². The minimum Gasteiger partial charge on any atom is -0.506 e. The smallest absolute Gasteiger partial charge is 0.255 e. The van der Waals surface area contributed by atoms with E-state index >= 15 is 0 Å². The minimum atomic E-state index is -0.122.